The molecule has 0 saturated carbocycles. The Hall–Kier alpha value is -0.730. The van der Waals surface area contributed by atoms with Gasteiger partial charge in [-0.05, 0) is 37.5 Å². The molecular formula is C14H21ClIN3O2. The first-order valence-electron chi connectivity index (χ1n) is 6.71. The molecular weight excluding hydrogens is 405 g/mol. The molecule has 1 atom stereocenters. The lowest BCUT2D eigenvalue weighted by Gasteiger charge is -2.20. The van der Waals surface area contributed by atoms with E-state index in [1.807, 2.05) is 6.07 Å². The van der Waals surface area contributed by atoms with Gasteiger partial charge in [-0.15, -0.1) is 24.0 Å². The number of anilines is 1. The lowest BCUT2D eigenvalue weighted by atomic mass is 10.1. The van der Waals surface area contributed by atoms with E-state index < -0.39 is 0 Å². The number of guanidine groups is 1. The summed E-state index contributed by atoms with van der Waals surface area (Å²) >= 11 is 6.05. The lowest BCUT2D eigenvalue weighted by molar-refractivity contribution is 0.0225. The maximum atomic E-state index is 6.05. The van der Waals surface area contributed by atoms with Crippen molar-refractivity contribution in [2.24, 2.45) is 10.7 Å². The number of nitrogens with zero attached hydrogens (tertiary/aromatic N) is 1. The van der Waals surface area contributed by atoms with Crippen LogP contribution >= 0.6 is 35.6 Å². The summed E-state index contributed by atoms with van der Waals surface area (Å²) in [4.78, 5) is 4.30. The van der Waals surface area contributed by atoms with E-state index in [0.717, 1.165) is 25.1 Å². The third-order valence-electron chi connectivity index (χ3n) is 3.16. The number of hydrogen-bond acceptors (Lipinski definition) is 3. The number of nitrogens with one attached hydrogen (secondary N) is 1. The van der Waals surface area contributed by atoms with Crippen LogP contribution in [0.3, 0.4) is 0 Å². The normalized spacial score (nSPS) is 18.8. The van der Waals surface area contributed by atoms with E-state index in [4.69, 9.17) is 26.8 Å². The van der Waals surface area contributed by atoms with Crippen molar-refractivity contribution in [2.75, 3.05) is 25.6 Å². The number of ether oxygens (including phenoxy) is 2. The molecule has 1 aliphatic rings. The first kappa shape index (κ1) is 18.3. The van der Waals surface area contributed by atoms with Crippen molar-refractivity contribution in [1.29, 1.82) is 0 Å². The van der Waals surface area contributed by atoms with E-state index in [0.29, 0.717) is 23.3 Å². The molecule has 1 unspecified atom stereocenters. The highest BCUT2D eigenvalue weighted by atomic mass is 127. The Balaban J connectivity index is 0.00000220. The van der Waals surface area contributed by atoms with Crippen molar-refractivity contribution < 1.29 is 9.47 Å². The minimum Gasteiger partial charge on any atom is -0.495 e. The Morgan fingerprint density at radius 1 is 1.52 bits per heavy atom. The van der Waals surface area contributed by atoms with Crippen LogP contribution in [-0.4, -0.2) is 32.3 Å². The Morgan fingerprint density at radius 2 is 2.33 bits per heavy atom. The minimum absolute atomic E-state index is 0. The van der Waals surface area contributed by atoms with Crippen molar-refractivity contribution in [1.82, 2.24) is 0 Å². The summed E-state index contributed by atoms with van der Waals surface area (Å²) in [7, 11) is 1.58. The molecule has 1 aromatic rings. The first-order valence-corrected chi connectivity index (χ1v) is 7.09. The van der Waals surface area contributed by atoms with Crippen LogP contribution in [-0.2, 0) is 4.74 Å². The molecule has 5 nitrogen and oxygen atoms in total. The maximum absolute atomic E-state index is 6.05. The Labute approximate surface area is 147 Å². The van der Waals surface area contributed by atoms with Crippen molar-refractivity contribution in [2.45, 2.75) is 25.4 Å². The topological polar surface area (TPSA) is 68.9 Å². The number of halogens is 2. The fourth-order valence-electron chi connectivity index (χ4n) is 2.08. The van der Waals surface area contributed by atoms with Gasteiger partial charge in [0.25, 0.3) is 0 Å². The standard InChI is InChI=1S/C14H20ClN3O2.HI/c1-19-13-6-5-10(8-12(13)15)18-14(16)17-9-11-4-2-3-7-20-11;/h5-6,8,11H,2-4,7,9H2,1H3,(H3,16,17,18);1H. The van der Waals surface area contributed by atoms with Crippen molar-refractivity contribution in [3.05, 3.63) is 23.2 Å². The van der Waals surface area contributed by atoms with Crippen LogP contribution in [0.5, 0.6) is 5.75 Å². The molecule has 0 bridgehead atoms. The van der Waals surface area contributed by atoms with E-state index in [1.54, 1.807) is 19.2 Å². The second-order valence-electron chi connectivity index (χ2n) is 4.69. The van der Waals surface area contributed by atoms with Gasteiger partial charge in [0, 0.05) is 12.3 Å². The molecule has 7 heteroatoms. The number of aliphatic imine (C=N–C) groups is 1. The summed E-state index contributed by atoms with van der Waals surface area (Å²) in [6.45, 7) is 1.41. The lowest BCUT2D eigenvalue weighted by Crippen LogP contribution is -2.27. The summed E-state index contributed by atoms with van der Waals surface area (Å²) in [5, 5.41) is 3.53. The third-order valence-corrected chi connectivity index (χ3v) is 3.46. The van der Waals surface area contributed by atoms with Gasteiger partial charge in [-0.25, -0.2) is 0 Å². The van der Waals surface area contributed by atoms with Gasteiger partial charge < -0.3 is 20.5 Å². The molecule has 1 fully saturated rings. The summed E-state index contributed by atoms with van der Waals surface area (Å²) < 4.78 is 10.7. The predicted octanol–water partition coefficient (Wildman–Crippen LogP) is 3.26. The third kappa shape index (κ3) is 5.88. The van der Waals surface area contributed by atoms with Crippen LogP contribution in [0.1, 0.15) is 19.3 Å². The van der Waals surface area contributed by atoms with E-state index in [9.17, 15) is 0 Å². The van der Waals surface area contributed by atoms with Crippen LogP contribution in [0, 0.1) is 0 Å². The fraction of sp³-hybridized carbons (Fsp3) is 0.500. The smallest absolute Gasteiger partial charge is 0.193 e. The Kier molecular flexibility index (Phi) is 8.13. The number of rotatable bonds is 4. The molecule has 0 amide bonds. The second kappa shape index (κ2) is 9.32. The van der Waals surface area contributed by atoms with Crippen molar-refractivity contribution in [3.63, 3.8) is 0 Å². The number of nitrogens with two attached hydrogens (primary N) is 1. The molecule has 1 aromatic carbocycles. The van der Waals surface area contributed by atoms with Gasteiger partial charge in [0.2, 0.25) is 0 Å². The van der Waals surface area contributed by atoms with Crippen LogP contribution in [0.15, 0.2) is 23.2 Å². The summed E-state index contributed by atoms with van der Waals surface area (Å²) in [6, 6.07) is 5.37. The molecule has 1 heterocycles. The Bertz CT molecular complexity index is 479. The quantitative estimate of drug-likeness (QED) is 0.441. The average molecular weight is 426 g/mol. The fourth-order valence-corrected chi connectivity index (χ4v) is 2.34. The van der Waals surface area contributed by atoms with Crippen LogP contribution in [0.4, 0.5) is 5.69 Å². The molecule has 0 spiro atoms. The van der Waals surface area contributed by atoms with Crippen molar-refractivity contribution >= 4 is 47.2 Å². The summed E-state index contributed by atoms with van der Waals surface area (Å²) in [5.74, 6) is 0.990. The van der Waals surface area contributed by atoms with Crippen LogP contribution < -0.4 is 15.8 Å². The summed E-state index contributed by atoms with van der Waals surface area (Å²) in [6.07, 6.45) is 3.56. The van der Waals surface area contributed by atoms with Gasteiger partial charge in [-0.2, -0.15) is 0 Å². The highest BCUT2D eigenvalue weighted by molar-refractivity contribution is 14.0. The van der Waals surface area contributed by atoms with Gasteiger partial charge in [-0.1, -0.05) is 11.6 Å². The molecule has 1 saturated heterocycles. The predicted molar refractivity (Wildman–Crippen MR) is 97.1 cm³/mol. The van der Waals surface area contributed by atoms with Gasteiger partial charge in [0.15, 0.2) is 5.96 Å². The number of benzene rings is 1. The van der Waals surface area contributed by atoms with E-state index in [-0.39, 0.29) is 30.1 Å². The van der Waals surface area contributed by atoms with E-state index >= 15 is 0 Å². The molecule has 3 N–H and O–H groups in total. The second-order valence-corrected chi connectivity index (χ2v) is 5.10. The van der Waals surface area contributed by atoms with Crippen LogP contribution in [0.25, 0.3) is 0 Å². The Morgan fingerprint density at radius 3 is 2.95 bits per heavy atom. The SMILES string of the molecule is COc1ccc(NC(N)=NCC2CCCCO2)cc1Cl.I. The zero-order valence-corrected chi connectivity index (χ0v) is 15.1. The van der Waals surface area contributed by atoms with Gasteiger partial charge >= 0.3 is 0 Å². The largest absolute Gasteiger partial charge is 0.495 e. The summed E-state index contributed by atoms with van der Waals surface area (Å²) in [5.41, 5.74) is 6.63. The number of hydrogen-bond donors (Lipinski definition) is 2. The molecule has 118 valence electrons. The average Bonchev–Trinajstić information content (AvgIpc) is 2.46. The maximum Gasteiger partial charge on any atom is 0.193 e. The van der Waals surface area contributed by atoms with Crippen molar-refractivity contribution in [3.8, 4) is 5.75 Å². The highest BCUT2D eigenvalue weighted by Gasteiger charge is 2.13. The molecule has 0 aromatic heterocycles. The van der Waals surface area contributed by atoms with E-state index in [2.05, 4.69) is 10.3 Å². The molecule has 21 heavy (non-hydrogen) atoms. The molecule has 2 rings (SSSR count). The molecule has 0 radical (unpaired) electrons. The van der Waals surface area contributed by atoms with Crippen LogP contribution in [0.2, 0.25) is 5.02 Å². The van der Waals surface area contributed by atoms with E-state index in [1.165, 1.54) is 6.42 Å². The minimum atomic E-state index is 0. The molecule has 1 aliphatic heterocycles. The zero-order valence-electron chi connectivity index (χ0n) is 12.0. The van der Waals surface area contributed by atoms with Gasteiger partial charge in [-0.3, -0.25) is 4.99 Å². The highest BCUT2D eigenvalue weighted by Crippen LogP contribution is 2.27. The number of methoxy groups -OCH3 is 1. The zero-order chi connectivity index (χ0) is 14.4. The van der Waals surface area contributed by atoms with Gasteiger partial charge in [0.1, 0.15) is 5.75 Å². The molecule has 0 aliphatic carbocycles. The monoisotopic (exact) mass is 425 g/mol. The van der Waals surface area contributed by atoms with Gasteiger partial charge in [0.05, 0.1) is 24.8 Å². The first-order chi connectivity index (χ1) is 9.69.